The van der Waals surface area contributed by atoms with Crippen molar-refractivity contribution < 1.29 is 0 Å². The largest absolute Gasteiger partial charge is 0.116 e. The summed E-state index contributed by atoms with van der Waals surface area (Å²) in [5, 5.41) is 0. The van der Waals surface area contributed by atoms with Gasteiger partial charge in [0.05, 0.1) is 0 Å². The third kappa shape index (κ3) is 2.58. The highest BCUT2D eigenvalue weighted by Crippen LogP contribution is 2.37. The monoisotopic (exact) mass is 158 g/mol. The summed E-state index contributed by atoms with van der Waals surface area (Å²) in [4.78, 5) is 0. The van der Waals surface area contributed by atoms with E-state index in [2.05, 4.69) is 13.8 Å². The minimum Gasteiger partial charge on any atom is -0.116 e. The predicted octanol–water partition coefficient (Wildman–Crippen LogP) is 3.41. The third-order valence-electron chi connectivity index (χ3n) is 2.49. The van der Waals surface area contributed by atoms with Crippen LogP contribution >= 0.6 is 8.58 Å². The predicted molar refractivity (Wildman–Crippen MR) is 50.3 cm³/mol. The Kier molecular flexibility index (Phi) is 3.70. The lowest BCUT2D eigenvalue weighted by molar-refractivity contribution is 0.846. The van der Waals surface area contributed by atoms with Crippen LogP contribution in [0.15, 0.2) is 0 Å². The van der Waals surface area contributed by atoms with E-state index in [4.69, 9.17) is 0 Å². The van der Waals surface area contributed by atoms with Crippen LogP contribution in [0.3, 0.4) is 0 Å². The molecule has 1 aliphatic carbocycles. The minimum absolute atomic E-state index is 1.00. The van der Waals surface area contributed by atoms with Crippen LogP contribution in [-0.4, -0.2) is 11.3 Å². The molecular formula is C9H19P. The fraction of sp³-hybridized carbons (Fsp3) is 1.00. The van der Waals surface area contributed by atoms with Gasteiger partial charge in [0.2, 0.25) is 0 Å². The molecule has 1 saturated carbocycles. The summed E-state index contributed by atoms with van der Waals surface area (Å²) in [7, 11) is 1.26. The first-order valence-corrected chi connectivity index (χ1v) is 5.74. The van der Waals surface area contributed by atoms with Gasteiger partial charge in [0, 0.05) is 0 Å². The van der Waals surface area contributed by atoms with Gasteiger partial charge in [-0.2, -0.15) is 0 Å². The van der Waals surface area contributed by atoms with E-state index in [1.807, 2.05) is 0 Å². The Bertz CT molecular complexity index is 84.7. The number of hydrogen-bond donors (Lipinski definition) is 0. The summed E-state index contributed by atoms with van der Waals surface area (Å²) in [6.07, 6.45) is 7.46. The number of hydrogen-bond acceptors (Lipinski definition) is 0. The molecule has 1 aliphatic rings. The first-order valence-electron chi connectivity index (χ1n) is 4.59. The van der Waals surface area contributed by atoms with E-state index < -0.39 is 0 Å². The van der Waals surface area contributed by atoms with Crippen LogP contribution in [0, 0.1) is 0 Å². The second-order valence-corrected chi connectivity index (χ2v) is 5.59. The fourth-order valence-electron chi connectivity index (χ4n) is 1.61. The first kappa shape index (κ1) is 8.53. The molecule has 2 unspecified atom stereocenters. The maximum absolute atomic E-state index is 2.40. The van der Waals surface area contributed by atoms with Gasteiger partial charge >= 0.3 is 0 Å². The summed E-state index contributed by atoms with van der Waals surface area (Å²) < 4.78 is 0. The molecule has 0 bridgehead atoms. The SMILES string of the molecule is CCC(C)PC1CCCC1. The molecule has 1 heteroatoms. The molecular weight excluding hydrogens is 139 g/mol. The highest BCUT2D eigenvalue weighted by atomic mass is 31.1. The lowest BCUT2D eigenvalue weighted by Crippen LogP contribution is -1.99. The Morgan fingerprint density at radius 1 is 1.40 bits per heavy atom. The van der Waals surface area contributed by atoms with Gasteiger partial charge in [0.1, 0.15) is 0 Å². The molecule has 0 nitrogen and oxygen atoms in total. The summed E-state index contributed by atoms with van der Waals surface area (Å²) in [5.74, 6) is 0. The third-order valence-corrected chi connectivity index (χ3v) is 4.51. The topological polar surface area (TPSA) is 0 Å². The lowest BCUT2D eigenvalue weighted by atomic mass is 10.4. The average Bonchev–Trinajstić information content (AvgIpc) is 2.40. The smallest absolute Gasteiger partial charge is 0.0234 e. The molecule has 0 heterocycles. The van der Waals surface area contributed by atoms with Crippen LogP contribution in [0.25, 0.3) is 0 Å². The Morgan fingerprint density at radius 3 is 2.50 bits per heavy atom. The molecule has 0 aromatic heterocycles. The molecule has 0 spiro atoms. The van der Waals surface area contributed by atoms with Gasteiger partial charge in [-0.3, -0.25) is 0 Å². The van der Waals surface area contributed by atoms with Gasteiger partial charge in [0.25, 0.3) is 0 Å². The van der Waals surface area contributed by atoms with Crippen LogP contribution in [-0.2, 0) is 0 Å². The van der Waals surface area contributed by atoms with E-state index in [-0.39, 0.29) is 0 Å². The minimum atomic E-state index is 1.00. The van der Waals surface area contributed by atoms with Gasteiger partial charge < -0.3 is 0 Å². The molecule has 1 rings (SSSR count). The molecule has 1 fully saturated rings. The molecule has 0 aromatic carbocycles. The van der Waals surface area contributed by atoms with Gasteiger partial charge in [-0.1, -0.05) is 26.7 Å². The molecule has 0 radical (unpaired) electrons. The van der Waals surface area contributed by atoms with Gasteiger partial charge in [-0.25, -0.2) is 0 Å². The molecule has 0 N–H and O–H groups in total. The molecule has 2 atom stereocenters. The highest BCUT2D eigenvalue weighted by Gasteiger charge is 2.16. The quantitative estimate of drug-likeness (QED) is 0.552. The zero-order chi connectivity index (χ0) is 7.40. The Hall–Kier alpha value is 0.430. The second kappa shape index (κ2) is 4.34. The standard InChI is InChI=1S/C9H19P/c1-3-8(2)10-9-6-4-5-7-9/h8-10H,3-7H2,1-2H3. The maximum Gasteiger partial charge on any atom is -0.0234 e. The van der Waals surface area contributed by atoms with E-state index in [1.54, 1.807) is 0 Å². The van der Waals surface area contributed by atoms with Crippen molar-refractivity contribution in [3.8, 4) is 0 Å². The van der Waals surface area contributed by atoms with Crippen LogP contribution in [0.5, 0.6) is 0 Å². The van der Waals surface area contributed by atoms with Crippen molar-refractivity contribution in [3.63, 3.8) is 0 Å². The van der Waals surface area contributed by atoms with Gasteiger partial charge in [0.15, 0.2) is 0 Å². The molecule has 0 amide bonds. The molecule has 0 saturated heterocycles. The van der Waals surface area contributed by atoms with Crippen LogP contribution in [0.2, 0.25) is 0 Å². The second-order valence-electron chi connectivity index (χ2n) is 3.46. The van der Waals surface area contributed by atoms with E-state index in [0.717, 1.165) is 11.3 Å². The van der Waals surface area contributed by atoms with Crippen molar-refractivity contribution in [2.75, 3.05) is 0 Å². The van der Waals surface area contributed by atoms with E-state index >= 15 is 0 Å². The average molecular weight is 158 g/mol. The molecule has 0 aromatic rings. The Balaban J connectivity index is 2.11. The van der Waals surface area contributed by atoms with Crippen molar-refractivity contribution >= 4 is 8.58 Å². The summed E-state index contributed by atoms with van der Waals surface area (Å²) in [6, 6.07) is 0. The van der Waals surface area contributed by atoms with E-state index in [9.17, 15) is 0 Å². The van der Waals surface area contributed by atoms with Crippen molar-refractivity contribution in [2.24, 2.45) is 0 Å². The Labute approximate surface area is 66.6 Å². The van der Waals surface area contributed by atoms with E-state index in [1.165, 1.54) is 40.7 Å². The maximum atomic E-state index is 2.40. The molecule has 60 valence electrons. The normalized spacial score (nSPS) is 24.6. The fourth-order valence-corrected chi connectivity index (χ4v) is 3.39. The summed E-state index contributed by atoms with van der Waals surface area (Å²) in [5.41, 5.74) is 2.12. The van der Waals surface area contributed by atoms with Gasteiger partial charge in [-0.15, -0.1) is 8.58 Å². The molecule has 10 heavy (non-hydrogen) atoms. The van der Waals surface area contributed by atoms with Crippen molar-refractivity contribution in [1.29, 1.82) is 0 Å². The molecule has 0 aliphatic heterocycles. The van der Waals surface area contributed by atoms with Crippen molar-refractivity contribution in [3.05, 3.63) is 0 Å². The highest BCUT2D eigenvalue weighted by molar-refractivity contribution is 7.39. The zero-order valence-electron chi connectivity index (χ0n) is 7.19. The summed E-state index contributed by atoms with van der Waals surface area (Å²) >= 11 is 0. The summed E-state index contributed by atoms with van der Waals surface area (Å²) in [6.45, 7) is 4.71. The van der Waals surface area contributed by atoms with Crippen molar-refractivity contribution in [1.82, 2.24) is 0 Å². The van der Waals surface area contributed by atoms with E-state index in [0.29, 0.717) is 0 Å². The van der Waals surface area contributed by atoms with Crippen LogP contribution in [0.1, 0.15) is 46.0 Å². The first-order chi connectivity index (χ1) is 4.83. The Morgan fingerprint density at radius 2 is 2.00 bits per heavy atom. The van der Waals surface area contributed by atoms with Gasteiger partial charge in [-0.05, 0) is 30.6 Å². The number of rotatable bonds is 3. The van der Waals surface area contributed by atoms with Crippen LogP contribution in [0.4, 0.5) is 0 Å². The van der Waals surface area contributed by atoms with Crippen molar-refractivity contribution in [2.45, 2.75) is 57.3 Å². The zero-order valence-corrected chi connectivity index (χ0v) is 8.19. The lowest BCUT2D eigenvalue weighted by Gasteiger charge is -2.13. The van der Waals surface area contributed by atoms with Crippen LogP contribution < -0.4 is 0 Å².